The lowest BCUT2D eigenvalue weighted by atomic mass is 10.1. The van der Waals surface area contributed by atoms with Gasteiger partial charge >= 0.3 is 5.97 Å². The number of fused-ring (bicyclic) bond motifs is 1. The maximum absolute atomic E-state index is 13.1. The molecular weight excluding hydrogens is 346 g/mol. The first-order valence-corrected chi connectivity index (χ1v) is 8.63. The van der Waals surface area contributed by atoms with E-state index in [1.54, 1.807) is 61.1 Å². The van der Waals surface area contributed by atoms with Crippen LogP contribution in [-0.2, 0) is 11.2 Å². The Morgan fingerprint density at radius 3 is 2.33 bits per heavy atom. The first-order chi connectivity index (χ1) is 13.0. The topological polar surface area (TPSA) is 77.8 Å². The summed E-state index contributed by atoms with van der Waals surface area (Å²) in [4.78, 5) is 24.5. The number of hydrogen-bond donors (Lipinski definition) is 1. The van der Waals surface area contributed by atoms with Crippen molar-refractivity contribution < 1.29 is 24.2 Å². The summed E-state index contributed by atoms with van der Waals surface area (Å²) in [5.41, 5.74) is 2.37. The van der Waals surface area contributed by atoms with E-state index in [1.165, 1.54) is 0 Å². The first kappa shape index (κ1) is 18.5. The van der Waals surface area contributed by atoms with Crippen molar-refractivity contribution in [1.29, 1.82) is 0 Å². The number of carboxylic acid groups (broad SMARTS) is 1. The molecular formula is C21H21NO5. The molecule has 0 aliphatic heterocycles. The van der Waals surface area contributed by atoms with Gasteiger partial charge in [-0.25, -0.2) is 0 Å². The minimum atomic E-state index is -0.950. The lowest BCUT2D eigenvalue weighted by Gasteiger charge is -2.09. The number of methoxy groups -OCH3 is 1. The summed E-state index contributed by atoms with van der Waals surface area (Å²) in [6.07, 6.45) is -0.168. The van der Waals surface area contributed by atoms with Crippen LogP contribution in [0.2, 0.25) is 0 Å². The van der Waals surface area contributed by atoms with Crippen LogP contribution in [0.5, 0.6) is 11.5 Å². The number of carbonyl (C=O) groups is 2. The number of rotatable bonds is 6. The van der Waals surface area contributed by atoms with Gasteiger partial charge < -0.3 is 14.6 Å². The number of nitrogens with zero attached hydrogens (tertiary/aromatic N) is 1. The predicted molar refractivity (Wildman–Crippen MR) is 102 cm³/mol. The molecule has 0 spiro atoms. The summed E-state index contributed by atoms with van der Waals surface area (Å²) in [6.45, 7) is 4.21. The van der Waals surface area contributed by atoms with Crippen LogP contribution in [0.3, 0.4) is 0 Å². The number of aliphatic carboxylic acids is 1. The summed E-state index contributed by atoms with van der Waals surface area (Å²) in [6, 6.07) is 12.2. The third-order valence-corrected chi connectivity index (χ3v) is 4.49. The Morgan fingerprint density at radius 2 is 1.74 bits per heavy atom. The molecule has 140 valence electrons. The highest BCUT2D eigenvalue weighted by atomic mass is 16.5. The van der Waals surface area contributed by atoms with E-state index in [-0.39, 0.29) is 12.3 Å². The standard InChI is InChI=1S/C21H21NO5/c1-4-27-15-7-5-14(6-8-15)21(25)22-13(2)17(12-20(23)24)18-11-16(26-3)9-10-19(18)22/h5-11H,4,12H2,1-3H3,(H,23,24). The second kappa shape index (κ2) is 7.53. The summed E-state index contributed by atoms with van der Waals surface area (Å²) in [5, 5.41) is 9.99. The van der Waals surface area contributed by atoms with Crippen LogP contribution in [0.4, 0.5) is 0 Å². The molecule has 0 amide bonds. The van der Waals surface area contributed by atoms with Gasteiger partial charge in [0.1, 0.15) is 11.5 Å². The molecule has 3 aromatic rings. The van der Waals surface area contributed by atoms with E-state index in [0.717, 1.165) is 0 Å². The van der Waals surface area contributed by atoms with Gasteiger partial charge in [-0.1, -0.05) is 0 Å². The molecule has 1 heterocycles. The highest BCUT2D eigenvalue weighted by Gasteiger charge is 2.21. The molecule has 1 aromatic heterocycles. The van der Waals surface area contributed by atoms with Gasteiger partial charge in [-0.3, -0.25) is 14.2 Å². The Bertz CT molecular complexity index is 1000. The normalized spacial score (nSPS) is 10.8. The molecule has 1 N–H and O–H groups in total. The van der Waals surface area contributed by atoms with Gasteiger partial charge in [-0.15, -0.1) is 0 Å². The van der Waals surface area contributed by atoms with Crippen LogP contribution >= 0.6 is 0 Å². The Hall–Kier alpha value is -3.28. The van der Waals surface area contributed by atoms with Crippen molar-refractivity contribution in [3.63, 3.8) is 0 Å². The van der Waals surface area contributed by atoms with Crippen LogP contribution in [0.25, 0.3) is 10.9 Å². The van der Waals surface area contributed by atoms with Crippen LogP contribution < -0.4 is 9.47 Å². The minimum absolute atomic E-state index is 0.168. The van der Waals surface area contributed by atoms with E-state index in [9.17, 15) is 14.7 Å². The van der Waals surface area contributed by atoms with Crippen molar-refractivity contribution in [2.24, 2.45) is 0 Å². The van der Waals surface area contributed by atoms with E-state index >= 15 is 0 Å². The van der Waals surface area contributed by atoms with E-state index < -0.39 is 5.97 Å². The van der Waals surface area contributed by atoms with Gasteiger partial charge in [0.05, 0.1) is 25.7 Å². The Morgan fingerprint density at radius 1 is 1.07 bits per heavy atom. The predicted octanol–water partition coefficient (Wildman–Crippen LogP) is 3.67. The Labute approximate surface area is 156 Å². The van der Waals surface area contributed by atoms with E-state index in [4.69, 9.17) is 9.47 Å². The number of carboxylic acids is 1. The van der Waals surface area contributed by atoms with Crippen molar-refractivity contribution >= 4 is 22.8 Å². The summed E-state index contributed by atoms with van der Waals surface area (Å²) < 4.78 is 12.2. The van der Waals surface area contributed by atoms with E-state index in [1.807, 2.05) is 6.92 Å². The van der Waals surface area contributed by atoms with Crippen molar-refractivity contribution in [1.82, 2.24) is 4.57 Å². The molecule has 0 bridgehead atoms. The number of ether oxygens (including phenoxy) is 2. The number of aromatic nitrogens is 1. The first-order valence-electron chi connectivity index (χ1n) is 8.63. The maximum Gasteiger partial charge on any atom is 0.307 e. The average Bonchev–Trinajstić information content (AvgIpc) is 2.92. The summed E-state index contributed by atoms with van der Waals surface area (Å²) >= 11 is 0. The second-order valence-corrected chi connectivity index (χ2v) is 6.12. The smallest absolute Gasteiger partial charge is 0.307 e. The van der Waals surface area contributed by atoms with Crippen molar-refractivity contribution in [2.75, 3.05) is 13.7 Å². The Kier molecular flexibility index (Phi) is 5.16. The molecule has 6 heteroatoms. The van der Waals surface area contributed by atoms with Gasteiger partial charge in [0.25, 0.3) is 5.91 Å². The highest BCUT2D eigenvalue weighted by Crippen LogP contribution is 2.30. The average molecular weight is 367 g/mol. The summed E-state index contributed by atoms with van der Waals surface area (Å²) in [7, 11) is 1.55. The van der Waals surface area contributed by atoms with Crippen molar-refractivity contribution in [2.45, 2.75) is 20.3 Å². The lowest BCUT2D eigenvalue weighted by Crippen LogP contribution is -2.14. The SMILES string of the molecule is CCOc1ccc(C(=O)n2c(C)c(CC(=O)O)c3cc(OC)ccc32)cc1. The van der Waals surface area contributed by atoms with Gasteiger partial charge in [-0.05, 0) is 61.9 Å². The van der Waals surface area contributed by atoms with E-state index in [0.29, 0.717) is 45.8 Å². The lowest BCUT2D eigenvalue weighted by molar-refractivity contribution is -0.136. The van der Waals surface area contributed by atoms with E-state index in [2.05, 4.69) is 0 Å². The van der Waals surface area contributed by atoms with Gasteiger partial charge in [0, 0.05) is 16.6 Å². The van der Waals surface area contributed by atoms with Gasteiger partial charge in [0.15, 0.2) is 0 Å². The minimum Gasteiger partial charge on any atom is -0.497 e. The van der Waals surface area contributed by atoms with Crippen LogP contribution in [-0.4, -0.2) is 35.3 Å². The molecule has 6 nitrogen and oxygen atoms in total. The zero-order valence-corrected chi connectivity index (χ0v) is 15.5. The number of hydrogen-bond acceptors (Lipinski definition) is 4. The van der Waals surface area contributed by atoms with Crippen LogP contribution in [0, 0.1) is 6.92 Å². The molecule has 0 saturated heterocycles. The third kappa shape index (κ3) is 3.51. The van der Waals surface area contributed by atoms with Gasteiger partial charge in [0.2, 0.25) is 0 Å². The molecule has 3 rings (SSSR count). The fraction of sp³-hybridized carbons (Fsp3) is 0.238. The molecule has 0 radical (unpaired) electrons. The number of carbonyl (C=O) groups excluding carboxylic acids is 1. The Balaban J connectivity index is 2.13. The maximum atomic E-state index is 13.1. The van der Waals surface area contributed by atoms with Crippen molar-refractivity contribution in [3.05, 3.63) is 59.3 Å². The number of benzene rings is 2. The zero-order valence-electron chi connectivity index (χ0n) is 15.5. The van der Waals surface area contributed by atoms with Crippen molar-refractivity contribution in [3.8, 4) is 11.5 Å². The molecule has 0 unspecified atom stereocenters. The largest absolute Gasteiger partial charge is 0.497 e. The zero-order chi connectivity index (χ0) is 19.6. The van der Waals surface area contributed by atoms with Crippen LogP contribution in [0.1, 0.15) is 28.5 Å². The summed E-state index contributed by atoms with van der Waals surface area (Å²) in [5.74, 6) is 0.134. The monoisotopic (exact) mass is 367 g/mol. The molecule has 0 aliphatic carbocycles. The molecule has 2 aromatic carbocycles. The van der Waals surface area contributed by atoms with Gasteiger partial charge in [-0.2, -0.15) is 0 Å². The molecule has 0 fully saturated rings. The third-order valence-electron chi connectivity index (χ3n) is 4.49. The molecule has 0 saturated carbocycles. The molecule has 0 atom stereocenters. The van der Waals surface area contributed by atoms with Crippen LogP contribution in [0.15, 0.2) is 42.5 Å². The molecule has 27 heavy (non-hydrogen) atoms. The molecule has 0 aliphatic rings. The fourth-order valence-electron chi connectivity index (χ4n) is 3.21. The fourth-order valence-corrected chi connectivity index (χ4v) is 3.21. The highest BCUT2D eigenvalue weighted by molar-refractivity contribution is 6.05. The second-order valence-electron chi connectivity index (χ2n) is 6.12. The quantitative estimate of drug-likeness (QED) is 0.719.